The molecule has 0 bridgehead atoms. The molecule has 6 heteroatoms. The largest absolute Gasteiger partial charge is 0.385 e. The third kappa shape index (κ3) is 5.21. The van der Waals surface area contributed by atoms with E-state index in [1.54, 1.807) is 38.4 Å². The van der Waals surface area contributed by atoms with Gasteiger partial charge in [0, 0.05) is 44.4 Å². The lowest BCUT2D eigenvalue weighted by Gasteiger charge is -2.33. The number of benzene rings is 1. The quantitative estimate of drug-likeness (QED) is 0.791. The third-order valence-electron chi connectivity index (χ3n) is 4.51. The Hall–Kier alpha value is -1.59. The summed E-state index contributed by atoms with van der Waals surface area (Å²) < 4.78 is 5.11. The topological polar surface area (TPSA) is 49.9 Å². The number of ether oxygens (including phenoxy) is 1. The highest BCUT2D eigenvalue weighted by Crippen LogP contribution is 2.20. The van der Waals surface area contributed by atoms with Crippen LogP contribution < -0.4 is 0 Å². The molecule has 1 aromatic carbocycles. The van der Waals surface area contributed by atoms with Crippen molar-refractivity contribution in [2.75, 3.05) is 40.4 Å². The molecule has 1 saturated heterocycles. The minimum atomic E-state index is -0.171. The summed E-state index contributed by atoms with van der Waals surface area (Å²) in [6.07, 6.45) is 3.06. The lowest BCUT2D eigenvalue weighted by molar-refractivity contribution is -0.133. The van der Waals surface area contributed by atoms with E-state index in [9.17, 15) is 9.59 Å². The summed E-state index contributed by atoms with van der Waals surface area (Å²) in [6.45, 7) is 2.40. The highest BCUT2D eigenvalue weighted by molar-refractivity contribution is 6.30. The Labute approximate surface area is 148 Å². The number of methoxy groups -OCH3 is 1. The molecule has 1 aliphatic heterocycles. The Kier molecular flexibility index (Phi) is 7.06. The van der Waals surface area contributed by atoms with Crippen LogP contribution in [0.15, 0.2) is 24.3 Å². The molecule has 1 aromatic rings. The molecule has 132 valence electrons. The second kappa shape index (κ2) is 9.04. The van der Waals surface area contributed by atoms with Gasteiger partial charge in [-0.25, -0.2) is 0 Å². The highest BCUT2D eigenvalue weighted by atomic mass is 35.5. The van der Waals surface area contributed by atoms with Gasteiger partial charge in [0.25, 0.3) is 5.91 Å². The lowest BCUT2D eigenvalue weighted by atomic mass is 9.94. The summed E-state index contributed by atoms with van der Waals surface area (Å²) >= 11 is 5.83. The van der Waals surface area contributed by atoms with Gasteiger partial charge in [0.15, 0.2) is 0 Å². The van der Waals surface area contributed by atoms with Gasteiger partial charge in [-0.15, -0.1) is 0 Å². The van der Waals surface area contributed by atoms with E-state index < -0.39 is 0 Å². The van der Waals surface area contributed by atoms with Crippen molar-refractivity contribution in [3.8, 4) is 0 Å². The second-order valence-corrected chi connectivity index (χ2v) is 6.71. The van der Waals surface area contributed by atoms with Gasteiger partial charge in [0.2, 0.25) is 5.91 Å². The van der Waals surface area contributed by atoms with Crippen molar-refractivity contribution in [2.45, 2.75) is 19.3 Å². The normalized spacial score (nSPS) is 15.4. The minimum Gasteiger partial charge on any atom is -0.385 e. The van der Waals surface area contributed by atoms with Crippen LogP contribution in [0.5, 0.6) is 0 Å². The van der Waals surface area contributed by atoms with Crippen molar-refractivity contribution in [2.24, 2.45) is 5.92 Å². The Morgan fingerprint density at radius 2 is 1.88 bits per heavy atom. The Morgan fingerprint density at radius 1 is 1.25 bits per heavy atom. The molecule has 0 N–H and O–H groups in total. The molecular formula is C18H25ClN2O3. The lowest BCUT2D eigenvalue weighted by Crippen LogP contribution is -2.44. The molecule has 1 heterocycles. The van der Waals surface area contributed by atoms with E-state index in [-0.39, 0.29) is 18.4 Å². The average molecular weight is 353 g/mol. The fraction of sp³-hybridized carbons (Fsp3) is 0.556. The zero-order valence-corrected chi connectivity index (χ0v) is 15.1. The van der Waals surface area contributed by atoms with Crippen molar-refractivity contribution in [1.29, 1.82) is 0 Å². The van der Waals surface area contributed by atoms with E-state index in [1.807, 2.05) is 4.90 Å². The zero-order valence-electron chi connectivity index (χ0n) is 14.3. The third-order valence-corrected chi connectivity index (χ3v) is 4.76. The van der Waals surface area contributed by atoms with Gasteiger partial charge in [-0.1, -0.05) is 11.6 Å². The smallest absolute Gasteiger partial charge is 0.254 e. The zero-order chi connectivity index (χ0) is 17.5. The first-order chi connectivity index (χ1) is 11.5. The predicted molar refractivity (Wildman–Crippen MR) is 94.2 cm³/mol. The minimum absolute atomic E-state index is 0.00463. The number of halogens is 1. The van der Waals surface area contributed by atoms with Gasteiger partial charge in [-0.2, -0.15) is 0 Å². The van der Waals surface area contributed by atoms with Crippen molar-refractivity contribution >= 4 is 23.4 Å². The predicted octanol–water partition coefficient (Wildman–Crippen LogP) is 2.69. The summed E-state index contributed by atoms with van der Waals surface area (Å²) in [4.78, 5) is 28.1. The molecule has 5 nitrogen and oxygen atoms in total. The standard InChI is InChI=1S/C18H25ClN2O3/c1-20(18(23)15-3-5-16(19)6-4-15)13-17(22)21-10-7-14(8-11-21)9-12-24-2/h3-6,14H,7-13H2,1-2H3. The van der Waals surface area contributed by atoms with E-state index in [2.05, 4.69) is 0 Å². The summed E-state index contributed by atoms with van der Waals surface area (Å²) in [5, 5.41) is 0.585. The maximum absolute atomic E-state index is 12.4. The van der Waals surface area contributed by atoms with Crippen LogP contribution in [0.2, 0.25) is 5.02 Å². The van der Waals surface area contributed by atoms with Crippen LogP contribution in [0.4, 0.5) is 0 Å². The fourth-order valence-electron chi connectivity index (χ4n) is 2.94. The fourth-order valence-corrected chi connectivity index (χ4v) is 3.07. The van der Waals surface area contributed by atoms with Crippen molar-refractivity contribution in [1.82, 2.24) is 9.80 Å². The van der Waals surface area contributed by atoms with E-state index in [0.717, 1.165) is 39.0 Å². The van der Waals surface area contributed by atoms with Crippen LogP contribution in [-0.2, 0) is 9.53 Å². The van der Waals surface area contributed by atoms with Gasteiger partial charge < -0.3 is 14.5 Å². The number of likely N-dealkylation sites (tertiary alicyclic amines) is 1. The molecule has 1 fully saturated rings. The molecule has 0 radical (unpaired) electrons. The monoisotopic (exact) mass is 352 g/mol. The van der Waals surface area contributed by atoms with E-state index in [4.69, 9.17) is 16.3 Å². The van der Waals surface area contributed by atoms with Crippen LogP contribution in [0.1, 0.15) is 29.6 Å². The van der Waals surface area contributed by atoms with Crippen LogP contribution in [0, 0.1) is 5.92 Å². The van der Waals surface area contributed by atoms with Gasteiger partial charge >= 0.3 is 0 Å². The molecule has 0 aliphatic carbocycles. The summed E-state index contributed by atoms with van der Waals surface area (Å²) in [5.74, 6) is 0.461. The van der Waals surface area contributed by atoms with Gasteiger partial charge in [-0.3, -0.25) is 9.59 Å². The molecular weight excluding hydrogens is 328 g/mol. The van der Waals surface area contributed by atoms with E-state index in [0.29, 0.717) is 16.5 Å². The molecule has 2 rings (SSSR count). The van der Waals surface area contributed by atoms with Gasteiger partial charge in [0.05, 0.1) is 6.54 Å². The number of nitrogens with zero attached hydrogens (tertiary/aromatic N) is 2. The molecule has 1 aliphatic rings. The molecule has 0 aromatic heterocycles. The van der Waals surface area contributed by atoms with Crippen molar-refractivity contribution in [3.05, 3.63) is 34.9 Å². The molecule has 2 amide bonds. The van der Waals surface area contributed by atoms with Crippen LogP contribution in [-0.4, -0.2) is 62.0 Å². The maximum Gasteiger partial charge on any atom is 0.254 e. The number of hydrogen-bond acceptors (Lipinski definition) is 3. The number of likely N-dealkylation sites (N-methyl/N-ethyl adjacent to an activating group) is 1. The Morgan fingerprint density at radius 3 is 2.46 bits per heavy atom. The summed E-state index contributed by atoms with van der Waals surface area (Å²) in [5.41, 5.74) is 0.535. The molecule has 0 saturated carbocycles. The number of carbonyl (C=O) groups excluding carboxylic acids is 2. The molecule has 0 unspecified atom stereocenters. The molecule has 0 atom stereocenters. The molecule has 0 spiro atoms. The number of rotatable bonds is 6. The first-order valence-corrected chi connectivity index (χ1v) is 8.66. The first kappa shape index (κ1) is 18.7. The summed E-state index contributed by atoms with van der Waals surface area (Å²) in [6, 6.07) is 6.70. The number of piperidine rings is 1. The Balaban J connectivity index is 1.81. The highest BCUT2D eigenvalue weighted by Gasteiger charge is 2.24. The maximum atomic E-state index is 12.4. The number of hydrogen-bond donors (Lipinski definition) is 0. The van der Waals surface area contributed by atoms with Crippen LogP contribution in [0.3, 0.4) is 0 Å². The van der Waals surface area contributed by atoms with E-state index in [1.165, 1.54) is 4.90 Å². The van der Waals surface area contributed by atoms with Crippen LogP contribution in [0.25, 0.3) is 0 Å². The van der Waals surface area contributed by atoms with Crippen molar-refractivity contribution < 1.29 is 14.3 Å². The Bertz CT molecular complexity index is 554. The summed E-state index contributed by atoms with van der Waals surface area (Å²) in [7, 11) is 3.37. The molecule has 24 heavy (non-hydrogen) atoms. The SMILES string of the molecule is COCCC1CCN(C(=O)CN(C)C(=O)c2ccc(Cl)cc2)CC1. The van der Waals surface area contributed by atoms with Crippen molar-refractivity contribution in [3.63, 3.8) is 0 Å². The number of carbonyl (C=O) groups is 2. The van der Waals surface area contributed by atoms with E-state index >= 15 is 0 Å². The van der Waals surface area contributed by atoms with Crippen LogP contribution >= 0.6 is 11.6 Å². The number of amides is 2. The van der Waals surface area contributed by atoms with Gasteiger partial charge in [-0.05, 0) is 49.4 Å². The second-order valence-electron chi connectivity index (χ2n) is 6.27. The average Bonchev–Trinajstić information content (AvgIpc) is 2.60. The first-order valence-electron chi connectivity index (χ1n) is 8.29. The van der Waals surface area contributed by atoms with Gasteiger partial charge in [0.1, 0.15) is 0 Å².